The van der Waals surface area contributed by atoms with Crippen molar-refractivity contribution in [2.75, 3.05) is 19.0 Å². The first-order chi connectivity index (χ1) is 10.8. The quantitative estimate of drug-likeness (QED) is 0.679. The number of aryl methyl sites for hydroxylation is 2. The largest absolute Gasteiger partial charge is 0.377 e. The fourth-order valence-electron chi connectivity index (χ4n) is 2.37. The average Bonchev–Trinajstić information content (AvgIpc) is 3.10. The molecule has 22 heavy (non-hydrogen) atoms. The lowest BCUT2D eigenvalue weighted by Crippen LogP contribution is -2.05. The summed E-state index contributed by atoms with van der Waals surface area (Å²) in [6.45, 7) is 1.31. The molecule has 0 amide bonds. The second kappa shape index (κ2) is 6.85. The molecule has 2 aromatic heterocycles. The summed E-state index contributed by atoms with van der Waals surface area (Å²) >= 11 is 1.37. The van der Waals surface area contributed by atoms with Crippen molar-refractivity contribution in [2.24, 2.45) is 7.05 Å². The summed E-state index contributed by atoms with van der Waals surface area (Å²) < 4.78 is 11.4. The molecular formula is C15H19N5OS. The molecule has 0 saturated carbocycles. The molecule has 0 fully saturated rings. The number of fused-ring (bicyclic) bond motifs is 1. The highest BCUT2D eigenvalue weighted by Gasteiger charge is 2.07. The van der Waals surface area contributed by atoms with Crippen molar-refractivity contribution in [3.8, 4) is 0 Å². The lowest BCUT2D eigenvalue weighted by atomic mass is 10.3. The Morgan fingerprint density at radius 1 is 1.27 bits per heavy atom. The normalized spacial score (nSPS) is 11.2. The number of imidazole rings is 1. The number of benzene rings is 1. The van der Waals surface area contributed by atoms with E-state index in [-0.39, 0.29) is 0 Å². The third-order valence-corrected chi connectivity index (χ3v) is 4.19. The summed E-state index contributed by atoms with van der Waals surface area (Å²) in [5.74, 6) is 1.84. The van der Waals surface area contributed by atoms with E-state index in [1.807, 2.05) is 12.1 Å². The maximum atomic E-state index is 5.01. The number of hydrogen-bond acceptors (Lipinski definition) is 6. The van der Waals surface area contributed by atoms with Gasteiger partial charge in [-0.15, -0.1) is 0 Å². The van der Waals surface area contributed by atoms with Gasteiger partial charge >= 0.3 is 0 Å². The van der Waals surface area contributed by atoms with E-state index in [4.69, 9.17) is 4.74 Å². The highest BCUT2D eigenvalue weighted by atomic mass is 32.1. The van der Waals surface area contributed by atoms with E-state index in [1.165, 1.54) is 17.0 Å². The molecule has 7 heteroatoms. The van der Waals surface area contributed by atoms with Crippen LogP contribution in [0.25, 0.3) is 11.0 Å². The van der Waals surface area contributed by atoms with Crippen molar-refractivity contribution >= 4 is 27.7 Å². The number of hydrogen-bond donors (Lipinski definition) is 1. The third kappa shape index (κ3) is 3.26. The van der Waals surface area contributed by atoms with Crippen LogP contribution in [-0.2, 0) is 24.8 Å². The van der Waals surface area contributed by atoms with Crippen molar-refractivity contribution in [1.29, 1.82) is 0 Å². The number of anilines is 1. The van der Waals surface area contributed by atoms with E-state index in [0.717, 1.165) is 41.7 Å². The zero-order valence-corrected chi connectivity index (χ0v) is 13.6. The van der Waals surface area contributed by atoms with E-state index in [0.29, 0.717) is 6.61 Å². The van der Waals surface area contributed by atoms with Crippen molar-refractivity contribution in [1.82, 2.24) is 18.9 Å². The Balaban J connectivity index is 1.52. The number of nitrogens with zero attached hydrogens (tertiary/aromatic N) is 4. The molecule has 116 valence electrons. The smallest absolute Gasteiger partial charge is 0.202 e. The molecule has 0 aliphatic heterocycles. The fraction of sp³-hybridized carbons (Fsp3) is 0.400. The van der Waals surface area contributed by atoms with Gasteiger partial charge in [-0.05, 0) is 18.6 Å². The van der Waals surface area contributed by atoms with Gasteiger partial charge in [-0.3, -0.25) is 0 Å². The summed E-state index contributed by atoms with van der Waals surface area (Å²) in [5.41, 5.74) is 2.24. The first-order valence-corrected chi connectivity index (χ1v) is 8.01. The fourth-order valence-corrected chi connectivity index (χ4v) is 2.97. The molecule has 0 radical (unpaired) electrons. The van der Waals surface area contributed by atoms with Crippen LogP contribution in [0.5, 0.6) is 0 Å². The van der Waals surface area contributed by atoms with Crippen LogP contribution in [0.2, 0.25) is 0 Å². The number of para-hydroxylation sites is 2. The number of methoxy groups -OCH3 is 1. The molecule has 0 spiro atoms. The Bertz CT molecular complexity index is 751. The van der Waals surface area contributed by atoms with E-state index >= 15 is 0 Å². The summed E-state index contributed by atoms with van der Waals surface area (Å²) in [6.07, 6.45) is 1.93. The average molecular weight is 317 g/mol. The lowest BCUT2D eigenvalue weighted by Gasteiger charge is -2.03. The molecule has 1 aromatic carbocycles. The van der Waals surface area contributed by atoms with Crippen LogP contribution in [0.4, 0.5) is 5.13 Å². The third-order valence-electron chi connectivity index (χ3n) is 3.47. The van der Waals surface area contributed by atoms with Crippen LogP contribution in [0, 0.1) is 0 Å². The van der Waals surface area contributed by atoms with Gasteiger partial charge in [0.15, 0.2) is 5.82 Å². The molecule has 0 saturated heterocycles. The summed E-state index contributed by atoms with van der Waals surface area (Å²) in [5, 5.41) is 4.14. The number of ether oxygens (including phenoxy) is 1. The Morgan fingerprint density at radius 3 is 2.95 bits per heavy atom. The molecule has 0 bridgehead atoms. The standard InChI is InChI=1S/C15H19N5OS/c1-20-12-7-4-3-6-11(12)17-14(20)8-5-9-16-15-18-13(10-21-2)19-22-15/h3-4,6-7H,5,8-10H2,1-2H3,(H,16,18,19). The maximum Gasteiger partial charge on any atom is 0.202 e. The van der Waals surface area contributed by atoms with E-state index < -0.39 is 0 Å². The summed E-state index contributed by atoms with van der Waals surface area (Å²) in [4.78, 5) is 9.03. The van der Waals surface area contributed by atoms with Crippen molar-refractivity contribution in [2.45, 2.75) is 19.4 Å². The SMILES string of the molecule is COCc1nsc(NCCCc2nc3ccccc3n2C)n1. The zero-order valence-electron chi connectivity index (χ0n) is 12.7. The van der Waals surface area contributed by atoms with Gasteiger partial charge in [-0.2, -0.15) is 4.37 Å². The minimum absolute atomic E-state index is 0.456. The molecule has 2 heterocycles. The lowest BCUT2D eigenvalue weighted by molar-refractivity contribution is 0.179. The van der Waals surface area contributed by atoms with Gasteiger partial charge in [-0.1, -0.05) is 12.1 Å². The van der Waals surface area contributed by atoms with Crippen LogP contribution >= 0.6 is 11.5 Å². The van der Waals surface area contributed by atoms with Gasteiger partial charge in [0, 0.05) is 38.7 Å². The van der Waals surface area contributed by atoms with Crippen molar-refractivity contribution < 1.29 is 4.74 Å². The first kappa shape index (κ1) is 14.9. The van der Waals surface area contributed by atoms with Crippen molar-refractivity contribution in [3.63, 3.8) is 0 Å². The topological polar surface area (TPSA) is 64.9 Å². The van der Waals surface area contributed by atoms with Crippen LogP contribution in [-0.4, -0.2) is 32.6 Å². The first-order valence-electron chi connectivity index (χ1n) is 7.23. The van der Waals surface area contributed by atoms with Crippen LogP contribution in [0.15, 0.2) is 24.3 Å². The molecule has 0 atom stereocenters. The van der Waals surface area contributed by atoms with Gasteiger partial charge in [0.05, 0.1) is 11.0 Å². The Labute approximate surface area is 133 Å². The molecule has 0 aliphatic carbocycles. The minimum atomic E-state index is 0.456. The molecule has 3 rings (SSSR count). The zero-order chi connectivity index (χ0) is 15.4. The highest BCUT2D eigenvalue weighted by molar-refractivity contribution is 7.09. The van der Waals surface area contributed by atoms with Crippen LogP contribution in [0.1, 0.15) is 18.1 Å². The van der Waals surface area contributed by atoms with Crippen LogP contribution in [0.3, 0.4) is 0 Å². The Hall–Kier alpha value is -1.99. The molecule has 3 aromatic rings. The van der Waals surface area contributed by atoms with Gasteiger partial charge in [-0.25, -0.2) is 9.97 Å². The molecule has 6 nitrogen and oxygen atoms in total. The van der Waals surface area contributed by atoms with Gasteiger partial charge < -0.3 is 14.6 Å². The van der Waals surface area contributed by atoms with E-state index in [9.17, 15) is 0 Å². The second-order valence-corrected chi connectivity index (χ2v) is 5.81. The van der Waals surface area contributed by atoms with E-state index in [2.05, 4.69) is 43.4 Å². The summed E-state index contributed by atoms with van der Waals surface area (Å²) in [6, 6.07) is 8.22. The van der Waals surface area contributed by atoms with Gasteiger partial charge in [0.2, 0.25) is 5.13 Å². The minimum Gasteiger partial charge on any atom is -0.377 e. The molecular weight excluding hydrogens is 298 g/mol. The Morgan fingerprint density at radius 2 is 2.14 bits per heavy atom. The predicted molar refractivity (Wildman–Crippen MR) is 88.1 cm³/mol. The maximum absolute atomic E-state index is 5.01. The highest BCUT2D eigenvalue weighted by Crippen LogP contribution is 2.16. The Kier molecular flexibility index (Phi) is 4.65. The summed E-state index contributed by atoms with van der Waals surface area (Å²) in [7, 11) is 3.71. The molecule has 0 unspecified atom stereocenters. The van der Waals surface area contributed by atoms with Crippen molar-refractivity contribution in [3.05, 3.63) is 35.9 Å². The van der Waals surface area contributed by atoms with E-state index in [1.54, 1.807) is 7.11 Å². The number of nitrogens with one attached hydrogen (secondary N) is 1. The molecule has 0 aliphatic rings. The number of aromatic nitrogens is 4. The number of rotatable bonds is 7. The second-order valence-electron chi connectivity index (χ2n) is 5.05. The van der Waals surface area contributed by atoms with Gasteiger partial charge in [0.25, 0.3) is 0 Å². The van der Waals surface area contributed by atoms with Gasteiger partial charge in [0.1, 0.15) is 12.4 Å². The monoisotopic (exact) mass is 317 g/mol. The predicted octanol–water partition coefficient (Wildman–Crippen LogP) is 2.62. The molecule has 1 N–H and O–H groups in total. The van der Waals surface area contributed by atoms with Crippen LogP contribution < -0.4 is 5.32 Å².